The third kappa shape index (κ3) is 7.81. The minimum absolute atomic E-state index is 0. The Hall–Kier alpha value is -1.29. The Labute approximate surface area is 203 Å². The maximum absolute atomic E-state index is 3.78. The molecule has 29 heavy (non-hydrogen) atoms. The zero-order valence-electron chi connectivity index (χ0n) is 16.9. The number of hydrogen-bond acceptors (Lipinski definition) is 1. The molecule has 2 heteroatoms. The van der Waals surface area contributed by atoms with Gasteiger partial charge in [0.2, 0.25) is 0 Å². The first-order valence-electron chi connectivity index (χ1n) is 10.0. The molecule has 1 N–H and O–H groups in total. The van der Waals surface area contributed by atoms with Crippen LogP contribution in [0.15, 0.2) is 84.2 Å². The van der Waals surface area contributed by atoms with Gasteiger partial charge < -0.3 is 11.0 Å². The van der Waals surface area contributed by atoms with Gasteiger partial charge >= 0.3 is 0 Å². The van der Waals surface area contributed by atoms with Gasteiger partial charge in [-0.2, -0.15) is 0 Å². The van der Waals surface area contributed by atoms with Gasteiger partial charge in [-0.3, -0.25) is 0 Å². The number of rotatable bonds is 8. The van der Waals surface area contributed by atoms with Gasteiger partial charge in [0.1, 0.15) is 0 Å². The van der Waals surface area contributed by atoms with Crippen LogP contribution in [0.25, 0.3) is 5.57 Å². The molecule has 2 aliphatic carbocycles. The fourth-order valence-electron chi connectivity index (χ4n) is 3.83. The van der Waals surface area contributed by atoms with Crippen molar-refractivity contribution in [1.29, 1.82) is 0 Å². The van der Waals surface area contributed by atoms with Crippen molar-refractivity contribution in [3.05, 3.63) is 95.8 Å². The fourth-order valence-corrected chi connectivity index (χ4v) is 3.83. The average Bonchev–Trinajstić information content (AvgIpc) is 2.71. The molecule has 0 radical (unpaired) electrons. The largest absolute Gasteiger partial charge is 0.338 e. The Bertz CT molecular complexity index is 813. The summed E-state index contributed by atoms with van der Waals surface area (Å²) < 4.78 is 0. The third-order valence-corrected chi connectivity index (χ3v) is 5.30. The molecule has 1 unspecified atom stereocenters. The van der Waals surface area contributed by atoms with E-state index in [1.807, 2.05) is 0 Å². The first kappa shape index (κ1) is 25.7. The van der Waals surface area contributed by atoms with Crippen LogP contribution in [0, 0.1) is 37.2 Å². The Kier molecular flexibility index (Phi) is 11.6. The van der Waals surface area contributed by atoms with Crippen molar-refractivity contribution >= 4 is 5.57 Å². The van der Waals surface area contributed by atoms with E-state index in [0.717, 1.165) is 25.8 Å². The van der Waals surface area contributed by atoms with Crippen LogP contribution in [-0.4, -0.2) is 12.1 Å². The van der Waals surface area contributed by atoms with E-state index in [1.165, 1.54) is 41.5 Å². The maximum atomic E-state index is 3.78. The van der Waals surface area contributed by atoms with Crippen LogP contribution in [-0.2, 0) is 0 Å². The van der Waals surface area contributed by atoms with Crippen molar-refractivity contribution in [2.45, 2.75) is 58.4 Å². The van der Waals surface area contributed by atoms with E-state index < -0.39 is 0 Å². The molecule has 3 rings (SSSR count). The average molecular weight is 613 g/mol. The topological polar surface area (TPSA) is 12.0 Å². The summed E-state index contributed by atoms with van der Waals surface area (Å²) in [7, 11) is 0. The summed E-state index contributed by atoms with van der Waals surface area (Å²) in [5.74, 6) is 0. The van der Waals surface area contributed by atoms with Crippen LogP contribution in [0.3, 0.4) is 0 Å². The first-order chi connectivity index (χ1) is 13.2. The Balaban J connectivity index is 0.00000280. The fraction of sp³-hybridized carbons (Fsp3) is 0.370. The number of benzene rings is 1. The molecule has 154 valence electrons. The van der Waals surface area contributed by atoms with Crippen LogP contribution in [0.2, 0.25) is 0 Å². The second-order valence-corrected chi connectivity index (χ2v) is 7.59. The summed E-state index contributed by atoms with van der Waals surface area (Å²) in [6, 6.07) is 10.6. The molecule has 0 amide bonds. The molecule has 0 saturated heterocycles. The van der Waals surface area contributed by atoms with Gasteiger partial charge in [0.25, 0.3) is 0 Å². The Morgan fingerprint density at radius 1 is 1.21 bits per heavy atom. The van der Waals surface area contributed by atoms with Crippen LogP contribution >= 0.6 is 0 Å². The van der Waals surface area contributed by atoms with Gasteiger partial charge in [-0.25, -0.2) is 12.7 Å². The monoisotopic (exact) mass is 612 g/mol. The van der Waals surface area contributed by atoms with E-state index in [9.17, 15) is 0 Å². The molecule has 0 spiro atoms. The van der Waals surface area contributed by atoms with E-state index in [0.29, 0.717) is 0 Å². The molecule has 1 nitrogen and oxygen atoms in total. The Morgan fingerprint density at radius 3 is 2.69 bits per heavy atom. The second-order valence-electron chi connectivity index (χ2n) is 7.59. The summed E-state index contributed by atoms with van der Waals surface area (Å²) in [4.78, 5) is 0. The number of hydrogen-bond donors (Lipinski definition) is 1. The minimum atomic E-state index is -0.00670. The van der Waals surface area contributed by atoms with Crippen molar-refractivity contribution in [2.75, 3.05) is 6.54 Å². The van der Waals surface area contributed by atoms with E-state index in [4.69, 9.17) is 0 Å². The maximum Gasteiger partial charge on any atom is 0.0376 e. The van der Waals surface area contributed by atoms with E-state index in [1.54, 1.807) is 0 Å². The van der Waals surface area contributed by atoms with Crippen molar-refractivity contribution < 1.29 is 32.5 Å². The molecule has 1 atom stereocenters. The number of nitrogens with one attached hydrogen (secondary N) is 1. The van der Waals surface area contributed by atoms with E-state index >= 15 is 0 Å². The quantitative estimate of drug-likeness (QED) is 0.186. The third-order valence-electron chi connectivity index (χ3n) is 5.30. The zero-order valence-corrected chi connectivity index (χ0v) is 21.1. The Morgan fingerprint density at radius 2 is 2.00 bits per heavy atom. The summed E-state index contributed by atoms with van der Waals surface area (Å²) >= 11 is 0. The van der Waals surface area contributed by atoms with Crippen LogP contribution in [0.1, 0.15) is 59.9 Å². The molecule has 0 fully saturated rings. The molecular formula is C27H36NU-. The smallest absolute Gasteiger partial charge is 0.0376 e. The molecule has 0 aliphatic heterocycles. The van der Waals surface area contributed by atoms with Crippen LogP contribution in [0.5, 0.6) is 0 Å². The predicted octanol–water partition coefficient (Wildman–Crippen LogP) is 7.22. The predicted molar refractivity (Wildman–Crippen MR) is 125 cm³/mol. The molecule has 0 aromatic heterocycles. The summed E-state index contributed by atoms with van der Waals surface area (Å²) in [5.41, 5.74) is 8.17. The molecular weight excluding hydrogens is 576 g/mol. The molecule has 0 saturated carbocycles. The van der Waals surface area contributed by atoms with Crippen molar-refractivity contribution in [3.8, 4) is 0 Å². The molecule has 0 heterocycles. The van der Waals surface area contributed by atoms with Gasteiger partial charge in [0.05, 0.1) is 0 Å². The normalized spacial score (nSPS) is 20.2. The van der Waals surface area contributed by atoms with Gasteiger partial charge in [0, 0.05) is 38.1 Å². The summed E-state index contributed by atoms with van der Waals surface area (Å²) in [5, 5.41) is 3.78. The van der Waals surface area contributed by atoms with Crippen LogP contribution in [0.4, 0.5) is 0 Å². The summed E-state index contributed by atoms with van der Waals surface area (Å²) in [6.07, 6.45) is 21.3. The number of allylic oxidation sites excluding steroid dienone is 7. The van der Waals surface area contributed by atoms with Gasteiger partial charge in [0.15, 0.2) is 0 Å². The first-order valence-corrected chi connectivity index (χ1v) is 10.0. The van der Waals surface area contributed by atoms with Crippen LogP contribution < -0.4 is 5.32 Å². The van der Waals surface area contributed by atoms with Gasteiger partial charge in [-0.15, -0.1) is 0 Å². The molecule has 2 aliphatic rings. The standard InChI is InChI=1S/C26H30N.CH4.U.H2/c1-3-4-15-24-21-26(2,19-18-25(24)23-16-9-6-10-17-23)27-20-11-14-22-12-7-5-8-13-22;;;/h6-7,9-10,12-13,16-18,21,27H,1,5,8,11,14-15,19-20H2,2H3;1H4;;1H/q-1;;;. The van der Waals surface area contributed by atoms with Crippen molar-refractivity contribution in [2.24, 2.45) is 0 Å². The molecule has 1 aromatic rings. The van der Waals surface area contributed by atoms with E-state index in [-0.39, 0.29) is 45.5 Å². The SMILES string of the molecule is C.C=C=[C-]CC1=CC(C)(NCCCC2=CCCC=C2)CC=C1c1ccccc1.[HH].[U]. The molecule has 0 bridgehead atoms. The second kappa shape index (κ2) is 13.1. The van der Waals surface area contributed by atoms with Gasteiger partial charge in [-0.1, -0.05) is 85.7 Å². The van der Waals surface area contributed by atoms with Gasteiger partial charge in [-0.05, 0) is 56.7 Å². The molecule has 1 aromatic carbocycles. The van der Waals surface area contributed by atoms with E-state index in [2.05, 4.69) is 91.3 Å². The zero-order chi connectivity index (χ0) is 19.0. The van der Waals surface area contributed by atoms with Crippen molar-refractivity contribution in [1.82, 2.24) is 5.32 Å². The van der Waals surface area contributed by atoms with Crippen molar-refractivity contribution in [3.63, 3.8) is 0 Å². The summed E-state index contributed by atoms with van der Waals surface area (Å²) in [6.45, 7) is 7.00. The minimum Gasteiger partial charge on any atom is -0.338 e.